The van der Waals surface area contributed by atoms with Gasteiger partial charge in [-0.05, 0) is 17.7 Å². The van der Waals surface area contributed by atoms with Crippen LogP contribution in [0.4, 0.5) is 5.13 Å². The quantitative estimate of drug-likeness (QED) is 0.558. The van der Waals surface area contributed by atoms with Crippen molar-refractivity contribution < 1.29 is 19.1 Å². The zero-order valence-corrected chi connectivity index (χ0v) is 16.3. The molecule has 0 aliphatic rings. The van der Waals surface area contributed by atoms with Gasteiger partial charge in [0.1, 0.15) is 13.2 Å². The van der Waals surface area contributed by atoms with Crippen LogP contribution in [0.3, 0.4) is 0 Å². The van der Waals surface area contributed by atoms with E-state index in [9.17, 15) is 14.4 Å². The summed E-state index contributed by atoms with van der Waals surface area (Å²) in [4.78, 5) is 40.1. The zero-order valence-electron chi connectivity index (χ0n) is 15.5. The number of hydrogen-bond donors (Lipinski definition) is 2. The molecular formula is C21H19N3O4S. The van der Waals surface area contributed by atoms with Gasteiger partial charge in [-0.25, -0.2) is 4.98 Å². The molecule has 2 amide bonds. The molecule has 0 aliphatic carbocycles. The van der Waals surface area contributed by atoms with Crippen LogP contribution < -0.4 is 10.6 Å². The lowest BCUT2D eigenvalue weighted by Crippen LogP contribution is -2.31. The van der Waals surface area contributed by atoms with Crippen molar-refractivity contribution in [2.24, 2.45) is 0 Å². The van der Waals surface area contributed by atoms with Crippen LogP contribution in [0, 0.1) is 0 Å². The predicted molar refractivity (Wildman–Crippen MR) is 109 cm³/mol. The molecule has 29 heavy (non-hydrogen) atoms. The number of carbonyl (C=O) groups excluding carboxylic acids is 3. The Bertz CT molecular complexity index is 974. The highest BCUT2D eigenvalue weighted by Crippen LogP contribution is 2.17. The van der Waals surface area contributed by atoms with Gasteiger partial charge in [0.15, 0.2) is 5.13 Å². The molecule has 0 bridgehead atoms. The minimum atomic E-state index is -0.517. The highest BCUT2D eigenvalue weighted by Gasteiger charge is 2.12. The Labute approximate surface area is 171 Å². The second-order valence-electron chi connectivity index (χ2n) is 6.06. The van der Waals surface area contributed by atoms with Crippen molar-refractivity contribution in [3.63, 3.8) is 0 Å². The lowest BCUT2D eigenvalue weighted by atomic mass is 10.2. The van der Waals surface area contributed by atoms with Gasteiger partial charge < -0.3 is 10.1 Å². The van der Waals surface area contributed by atoms with Crippen LogP contribution in [0.25, 0.3) is 0 Å². The molecule has 3 rings (SSSR count). The van der Waals surface area contributed by atoms with Gasteiger partial charge in [0, 0.05) is 10.9 Å². The first-order valence-corrected chi connectivity index (χ1v) is 9.75. The molecule has 2 N–H and O–H groups in total. The Kier molecular flexibility index (Phi) is 7.07. The molecule has 0 saturated carbocycles. The third-order valence-corrected chi connectivity index (χ3v) is 4.63. The molecule has 0 saturated heterocycles. The van der Waals surface area contributed by atoms with E-state index in [0.717, 1.165) is 5.56 Å². The Hall–Kier alpha value is -3.52. The van der Waals surface area contributed by atoms with Gasteiger partial charge in [0.2, 0.25) is 5.91 Å². The van der Waals surface area contributed by atoms with Gasteiger partial charge in [0.25, 0.3) is 5.91 Å². The van der Waals surface area contributed by atoms with E-state index in [1.54, 1.807) is 29.6 Å². The van der Waals surface area contributed by atoms with Gasteiger partial charge in [-0.2, -0.15) is 0 Å². The third-order valence-electron chi connectivity index (χ3n) is 3.82. The van der Waals surface area contributed by atoms with E-state index in [2.05, 4.69) is 15.6 Å². The summed E-state index contributed by atoms with van der Waals surface area (Å²) in [6.07, 6.45) is 0.00364. The first kappa shape index (κ1) is 20.2. The van der Waals surface area contributed by atoms with Crippen LogP contribution in [0.2, 0.25) is 0 Å². The highest BCUT2D eigenvalue weighted by molar-refractivity contribution is 7.14. The molecule has 7 nitrogen and oxygen atoms in total. The van der Waals surface area contributed by atoms with Crippen LogP contribution in [-0.2, 0) is 27.4 Å². The molecule has 148 valence electrons. The lowest BCUT2D eigenvalue weighted by Gasteiger charge is -2.06. The SMILES string of the molecule is O=C(Cc1csc(NC(=O)c2ccccc2)n1)NCC(=O)OCc1ccccc1. The van der Waals surface area contributed by atoms with E-state index in [0.29, 0.717) is 16.4 Å². The van der Waals surface area contributed by atoms with Crippen molar-refractivity contribution >= 4 is 34.3 Å². The smallest absolute Gasteiger partial charge is 0.325 e. The van der Waals surface area contributed by atoms with E-state index >= 15 is 0 Å². The summed E-state index contributed by atoms with van der Waals surface area (Å²) < 4.78 is 5.10. The number of nitrogens with one attached hydrogen (secondary N) is 2. The molecule has 0 radical (unpaired) electrons. The fourth-order valence-corrected chi connectivity index (χ4v) is 3.10. The van der Waals surface area contributed by atoms with Crippen molar-refractivity contribution in [1.29, 1.82) is 0 Å². The summed E-state index contributed by atoms with van der Waals surface area (Å²) in [5.74, 6) is -1.14. The van der Waals surface area contributed by atoms with Gasteiger partial charge in [-0.1, -0.05) is 48.5 Å². The summed E-state index contributed by atoms with van der Waals surface area (Å²) in [6, 6.07) is 18.1. The molecular weight excluding hydrogens is 390 g/mol. The third kappa shape index (κ3) is 6.54. The maximum absolute atomic E-state index is 12.1. The first-order chi connectivity index (χ1) is 14.1. The van der Waals surface area contributed by atoms with E-state index < -0.39 is 5.97 Å². The van der Waals surface area contributed by atoms with Crippen molar-refractivity contribution in [2.45, 2.75) is 13.0 Å². The molecule has 1 aromatic heterocycles. The number of anilines is 1. The normalized spacial score (nSPS) is 10.2. The molecule has 3 aromatic rings. The molecule has 0 aliphatic heterocycles. The van der Waals surface area contributed by atoms with E-state index in [-0.39, 0.29) is 31.4 Å². The number of rotatable bonds is 8. The molecule has 0 atom stereocenters. The maximum Gasteiger partial charge on any atom is 0.325 e. The summed E-state index contributed by atoms with van der Waals surface area (Å²) in [7, 11) is 0. The number of esters is 1. The molecule has 8 heteroatoms. The van der Waals surface area contributed by atoms with E-state index in [1.165, 1.54) is 11.3 Å². The van der Waals surface area contributed by atoms with Crippen LogP contribution >= 0.6 is 11.3 Å². The monoisotopic (exact) mass is 409 g/mol. The number of ether oxygens (including phenoxy) is 1. The predicted octanol–water partition coefficient (Wildman–Crippen LogP) is 2.80. The number of aromatic nitrogens is 1. The van der Waals surface area contributed by atoms with Crippen LogP contribution in [0.15, 0.2) is 66.0 Å². The minimum Gasteiger partial charge on any atom is -0.460 e. The molecule has 0 spiro atoms. The van der Waals surface area contributed by atoms with E-state index in [4.69, 9.17) is 4.74 Å². The summed E-state index contributed by atoms with van der Waals surface area (Å²) >= 11 is 1.23. The number of thiazole rings is 1. The van der Waals surface area contributed by atoms with Gasteiger partial charge in [-0.3, -0.25) is 19.7 Å². The Morgan fingerprint density at radius 2 is 1.66 bits per heavy atom. The Morgan fingerprint density at radius 1 is 0.966 bits per heavy atom. The summed E-state index contributed by atoms with van der Waals surface area (Å²) in [5, 5.41) is 7.30. The van der Waals surface area contributed by atoms with Crippen molar-refractivity contribution in [2.75, 3.05) is 11.9 Å². The van der Waals surface area contributed by atoms with Gasteiger partial charge in [-0.15, -0.1) is 11.3 Å². The zero-order chi connectivity index (χ0) is 20.5. The Morgan fingerprint density at radius 3 is 2.38 bits per heavy atom. The molecule has 0 fully saturated rings. The number of benzene rings is 2. The average Bonchev–Trinajstić information content (AvgIpc) is 3.18. The number of nitrogens with zero attached hydrogens (tertiary/aromatic N) is 1. The second-order valence-corrected chi connectivity index (χ2v) is 6.92. The Balaban J connectivity index is 1.40. The van der Waals surface area contributed by atoms with Crippen LogP contribution in [-0.4, -0.2) is 29.3 Å². The second kappa shape index (κ2) is 10.1. The number of carbonyl (C=O) groups is 3. The van der Waals surface area contributed by atoms with Gasteiger partial charge in [0.05, 0.1) is 12.1 Å². The van der Waals surface area contributed by atoms with Crippen molar-refractivity contribution in [1.82, 2.24) is 10.3 Å². The van der Waals surface area contributed by atoms with Gasteiger partial charge >= 0.3 is 5.97 Å². The fourth-order valence-electron chi connectivity index (χ4n) is 2.39. The van der Waals surface area contributed by atoms with E-state index in [1.807, 2.05) is 36.4 Å². The first-order valence-electron chi connectivity index (χ1n) is 8.87. The average molecular weight is 409 g/mol. The number of amides is 2. The molecule has 0 unspecified atom stereocenters. The molecule has 2 aromatic carbocycles. The van der Waals surface area contributed by atoms with Crippen molar-refractivity contribution in [3.8, 4) is 0 Å². The standard InChI is InChI=1S/C21H19N3O4S/c25-18(22-12-19(26)28-13-15-7-3-1-4-8-15)11-17-14-29-21(23-17)24-20(27)16-9-5-2-6-10-16/h1-10,14H,11-13H2,(H,22,25)(H,23,24,27). The van der Waals surface area contributed by atoms with Crippen LogP contribution in [0.1, 0.15) is 21.6 Å². The summed E-state index contributed by atoms with van der Waals surface area (Å²) in [5.41, 5.74) is 1.91. The minimum absolute atomic E-state index is 0.00364. The fraction of sp³-hybridized carbons (Fsp3) is 0.143. The van der Waals surface area contributed by atoms with Crippen molar-refractivity contribution in [3.05, 3.63) is 82.9 Å². The molecule has 1 heterocycles. The summed E-state index contributed by atoms with van der Waals surface area (Å²) in [6.45, 7) is -0.0560. The highest BCUT2D eigenvalue weighted by atomic mass is 32.1. The maximum atomic E-state index is 12.1. The lowest BCUT2D eigenvalue weighted by molar-refractivity contribution is -0.145. The largest absolute Gasteiger partial charge is 0.460 e. The number of hydrogen-bond acceptors (Lipinski definition) is 6. The topological polar surface area (TPSA) is 97.4 Å². The van der Waals surface area contributed by atoms with Crippen LogP contribution in [0.5, 0.6) is 0 Å².